The Morgan fingerprint density at radius 3 is 2.38 bits per heavy atom. The fourth-order valence-electron chi connectivity index (χ4n) is 3.17. The van der Waals surface area contributed by atoms with Gasteiger partial charge in [-0.1, -0.05) is 19.4 Å². The third kappa shape index (κ3) is 4.01. The summed E-state index contributed by atoms with van der Waals surface area (Å²) in [5.41, 5.74) is -0.704. The molecule has 1 unspecified atom stereocenters. The molecule has 2 rings (SSSR count). The second-order valence-corrected chi connectivity index (χ2v) is 6.31. The summed E-state index contributed by atoms with van der Waals surface area (Å²) in [6.07, 6.45) is 4.71. The first-order valence-electron chi connectivity index (χ1n) is 7.85. The normalized spacial score (nSPS) is 27.6. The second-order valence-electron chi connectivity index (χ2n) is 6.31. The van der Waals surface area contributed by atoms with Crippen LogP contribution in [0, 0.1) is 17.6 Å². The molecular weight excluding hydrogens is 272 g/mol. The van der Waals surface area contributed by atoms with Crippen LogP contribution in [-0.4, -0.2) is 17.3 Å². The number of rotatable bonds is 5. The minimum absolute atomic E-state index is 0.0448. The molecule has 1 saturated carbocycles. The fourth-order valence-corrected chi connectivity index (χ4v) is 3.17. The molecule has 2 N–H and O–H groups in total. The Balaban J connectivity index is 1.93. The molecule has 0 radical (unpaired) electrons. The van der Waals surface area contributed by atoms with Gasteiger partial charge in [-0.25, -0.2) is 8.78 Å². The number of hydrogen-bond donors (Lipinski definition) is 2. The van der Waals surface area contributed by atoms with Gasteiger partial charge in [0, 0.05) is 18.2 Å². The third-order valence-corrected chi connectivity index (χ3v) is 4.78. The van der Waals surface area contributed by atoms with Gasteiger partial charge in [-0.05, 0) is 50.7 Å². The Bertz CT molecular complexity index is 450. The van der Waals surface area contributed by atoms with Crippen LogP contribution in [0.2, 0.25) is 0 Å². The molecule has 1 aliphatic rings. The smallest absolute Gasteiger partial charge is 0.130 e. The molecule has 0 aliphatic heterocycles. The van der Waals surface area contributed by atoms with Crippen LogP contribution in [0.25, 0.3) is 0 Å². The Morgan fingerprint density at radius 2 is 1.86 bits per heavy atom. The van der Waals surface area contributed by atoms with E-state index in [1.807, 2.05) is 0 Å². The highest BCUT2D eigenvalue weighted by molar-refractivity contribution is 5.22. The summed E-state index contributed by atoms with van der Waals surface area (Å²) in [6, 6.07) is 3.43. The Morgan fingerprint density at radius 1 is 1.29 bits per heavy atom. The molecule has 0 spiro atoms. The number of halogens is 2. The van der Waals surface area contributed by atoms with Crippen molar-refractivity contribution in [3.05, 3.63) is 35.4 Å². The zero-order valence-corrected chi connectivity index (χ0v) is 12.8. The molecule has 4 heteroatoms. The van der Waals surface area contributed by atoms with Crippen LogP contribution in [0.15, 0.2) is 18.2 Å². The average molecular weight is 297 g/mol. The minimum atomic E-state index is -0.748. The maximum atomic E-state index is 13.7. The molecule has 0 saturated heterocycles. The lowest BCUT2D eigenvalue weighted by molar-refractivity contribution is -0.0105. The molecule has 2 nitrogen and oxygen atoms in total. The third-order valence-electron chi connectivity index (χ3n) is 4.78. The Labute approximate surface area is 125 Å². The van der Waals surface area contributed by atoms with Gasteiger partial charge in [0.1, 0.15) is 11.6 Å². The van der Waals surface area contributed by atoms with E-state index in [-0.39, 0.29) is 5.56 Å². The first-order chi connectivity index (χ1) is 9.95. The first-order valence-corrected chi connectivity index (χ1v) is 7.85. The van der Waals surface area contributed by atoms with E-state index < -0.39 is 23.3 Å². The topological polar surface area (TPSA) is 32.3 Å². The van der Waals surface area contributed by atoms with Crippen molar-refractivity contribution < 1.29 is 13.9 Å². The van der Waals surface area contributed by atoms with E-state index in [4.69, 9.17) is 0 Å². The first kappa shape index (κ1) is 16.4. The van der Waals surface area contributed by atoms with E-state index in [0.717, 1.165) is 32.1 Å². The predicted molar refractivity (Wildman–Crippen MR) is 80.0 cm³/mol. The van der Waals surface area contributed by atoms with Gasteiger partial charge in [0.2, 0.25) is 0 Å². The van der Waals surface area contributed by atoms with Crippen molar-refractivity contribution in [2.75, 3.05) is 6.54 Å². The molecule has 0 aromatic heterocycles. The summed E-state index contributed by atoms with van der Waals surface area (Å²) < 4.78 is 27.4. The van der Waals surface area contributed by atoms with Crippen molar-refractivity contribution in [3.8, 4) is 0 Å². The summed E-state index contributed by atoms with van der Waals surface area (Å²) in [7, 11) is 0. The lowest BCUT2D eigenvalue weighted by Gasteiger charge is -2.36. The maximum absolute atomic E-state index is 13.7. The maximum Gasteiger partial charge on any atom is 0.130 e. The standard InChI is InChI=1S/C17H25F2NO/c1-3-13-7-9-17(21,10-8-13)11-20-12(2)16-14(18)5-4-6-15(16)19/h4-6,12-13,20-21H,3,7-11H2,1-2H3. The number of aliphatic hydroxyl groups is 1. The minimum Gasteiger partial charge on any atom is -0.389 e. The zero-order valence-electron chi connectivity index (χ0n) is 12.8. The van der Waals surface area contributed by atoms with Gasteiger partial charge in [0.15, 0.2) is 0 Å². The number of nitrogens with one attached hydrogen (secondary N) is 1. The van der Waals surface area contributed by atoms with Crippen LogP contribution in [0.4, 0.5) is 8.78 Å². The van der Waals surface area contributed by atoms with E-state index in [1.54, 1.807) is 6.92 Å². The highest BCUT2D eigenvalue weighted by Crippen LogP contribution is 2.33. The molecule has 21 heavy (non-hydrogen) atoms. The molecule has 0 amide bonds. The van der Waals surface area contributed by atoms with Crippen molar-refractivity contribution >= 4 is 0 Å². The summed E-state index contributed by atoms with van der Waals surface area (Å²) >= 11 is 0. The number of benzene rings is 1. The molecule has 0 heterocycles. The molecule has 1 fully saturated rings. The molecule has 118 valence electrons. The van der Waals surface area contributed by atoms with Crippen molar-refractivity contribution in [1.82, 2.24) is 5.32 Å². The van der Waals surface area contributed by atoms with Crippen LogP contribution < -0.4 is 5.32 Å². The molecular formula is C17H25F2NO. The van der Waals surface area contributed by atoms with E-state index in [9.17, 15) is 13.9 Å². The quantitative estimate of drug-likeness (QED) is 0.862. The van der Waals surface area contributed by atoms with Crippen molar-refractivity contribution in [2.45, 2.75) is 57.6 Å². The van der Waals surface area contributed by atoms with Crippen LogP contribution in [0.5, 0.6) is 0 Å². The SMILES string of the molecule is CCC1CCC(O)(CNC(C)c2c(F)cccc2F)CC1. The van der Waals surface area contributed by atoms with Gasteiger partial charge in [0.05, 0.1) is 5.60 Å². The molecule has 0 bridgehead atoms. The molecule has 1 aliphatic carbocycles. The lowest BCUT2D eigenvalue weighted by atomic mass is 9.77. The van der Waals surface area contributed by atoms with Crippen molar-refractivity contribution in [2.24, 2.45) is 5.92 Å². The van der Waals surface area contributed by atoms with Gasteiger partial charge in [-0.15, -0.1) is 0 Å². The zero-order chi connectivity index (χ0) is 15.5. The van der Waals surface area contributed by atoms with Gasteiger partial charge >= 0.3 is 0 Å². The van der Waals surface area contributed by atoms with Crippen molar-refractivity contribution in [1.29, 1.82) is 0 Å². The van der Waals surface area contributed by atoms with Crippen LogP contribution in [-0.2, 0) is 0 Å². The van der Waals surface area contributed by atoms with Crippen LogP contribution in [0.3, 0.4) is 0 Å². The van der Waals surface area contributed by atoms with E-state index in [2.05, 4.69) is 12.2 Å². The fraction of sp³-hybridized carbons (Fsp3) is 0.647. The van der Waals surface area contributed by atoms with Gasteiger partial charge < -0.3 is 10.4 Å². The summed E-state index contributed by atoms with van der Waals surface area (Å²) in [4.78, 5) is 0. The van der Waals surface area contributed by atoms with Crippen LogP contribution >= 0.6 is 0 Å². The summed E-state index contributed by atoms with van der Waals surface area (Å²) in [5.74, 6) is -0.389. The molecule has 1 aromatic rings. The predicted octanol–water partition coefficient (Wildman–Crippen LogP) is 3.95. The summed E-state index contributed by atoms with van der Waals surface area (Å²) in [5, 5.41) is 13.7. The van der Waals surface area contributed by atoms with Gasteiger partial charge in [0.25, 0.3) is 0 Å². The monoisotopic (exact) mass is 297 g/mol. The number of hydrogen-bond acceptors (Lipinski definition) is 2. The average Bonchev–Trinajstić information content (AvgIpc) is 2.46. The molecule has 1 aromatic carbocycles. The van der Waals surface area contributed by atoms with Gasteiger partial charge in [-0.3, -0.25) is 0 Å². The van der Waals surface area contributed by atoms with Gasteiger partial charge in [-0.2, -0.15) is 0 Å². The molecule has 1 atom stereocenters. The van der Waals surface area contributed by atoms with E-state index in [0.29, 0.717) is 12.5 Å². The second kappa shape index (κ2) is 6.84. The lowest BCUT2D eigenvalue weighted by Crippen LogP contribution is -2.44. The Hall–Kier alpha value is -1.00. The highest BCUT2D eigenvalue weighted by atomic mass is 19.1. The Kier molecular flexibility index (Phi) is 5.33. The van der Waals surface area contributed by atoms with E-state index in [1.165, 1.54) is 18.2 Å². The largest absolute Gasteiger partial charge is 0.389 e. The highest BCUT2D eigenvalue weighted by Gasteiger charge is 2.33. The van der Waals surface area contributed by atoms with E-state index >= 15 is 0 Å². The van der Waals surface area contributed by atoms with Crippen LogP contribution in [0.1, 0.15) is 57.6 Å². The summed E-state index contributed by atoms with van der Waals surface area (Å²) in [6.45, 7) is 4.28. The van der Waals surface area contributed by atoms with Crippen molar-refractivity contribution in [3.63, 3.8) is 0 Å².